The lowest BCUT2D eigenvalue weighted by molar-refractivity contribution is -0.198. The Bertz CT molecular complexity index is 1980. The van der Waals surface area contributed by atoms with E-state index in [-0.39, 0.29) is 6.10 Å². The standard InChI is InChI=1S/C39H54O.C26H44O/c1-6-30-35-25-26(2)21-23-39(35,5)34-22-24-38(4)32(19-20-33(38)36(34)37(30)40)27(3)17-18-31(28-13-9-7-10-14-28)29-15-11-8-12-16-29;1-7-17(4)19-9-10-20-23-21(12-14-25(19,20)5)26(6)13-11-16(3)15-22(26)18(8-2)24(23)27/h7-16,18,26-27,30,32-37,40H,6,17,19-25H2,1-5H3;16-23H,7-15H2,1-6H3/t26-,27-,30-,32-,33?,34?,35+,36+,37-,38-,39-;16-,17-,18-,19-,20?,21?,22+,23+,25-,26-/m11/s1. The Labute approximate surface area is 411 Å². The van der Waals surface area contributed by atoms with Crippen molar-refractivity contribution >= 4 is 11.4 Å². The molecule has 4 unspecified atom stereocenters. The molecule has 8 saturated carbocycles. The van der Waals surface area contributed by atoms with Crippen LogP contribution in [0.2, 0.25) is 0 Å². The molecule has 1 N–H and O–H groups in total. The van der Waals surface area contributed by atoms with Crippen molar-refractivity contribution in [2.75, 3.05) is 0 Å². The fourth-order valence-electron chi connectivity index (χ4n) is 20.4. The van der Waals surface area contributed by atoms with Crippen LogP contribution in [0.3, 0.4) is 0 Å². The van der Waals surface area contributed by atoms with Gasteiger partial charge in [0, 0.05) is 11.8 Å². The van der Waals surface area contributed by atoms with E-state index in [1.807, 2.05) is 0 Å². The van der Waals surface area contributed by atoms with Crippen LogP contribution in [0, 0.1) is 116 Å². The average Bonchev–Trinajstić information content (AvgIpc) is 3.88. The summed E-state index contributed by atoms with van der Waals surface area (Å²) in [5, 5.41) is 12.1. The van der Waals surface area contributed by atoms with Gasteiger partial charge in [-0.2, -0.15) is 0 Å². The van der Waals surface area contributed by atoms with Gasteiger partial charge in [0.2, 0.25) is 0 Å². The SMILES string of the molecule is CC[C@@H](C)[C@H]1CCC2[C@@H]3C(=O)[C@H](CC)[C@@H]4C[C@H](C)CC[C@]4(C)C3CC[C@@]21C.CC[C@H]1[C@@H](O)[C@H]2C3CC[C@H]([C@H](C)CC=C(c4ccccc4)c4ccccc4)[C@@]3(C)CCC2[C@@]2(C)CC[C@@H](C)C[C@@H]12. The number of hydrogen-bond donors (Lipinski definition) is 1. The quantitative estimate of drug-likeness (QED) is 0.272. The van der Waals surface area contributed by atoms with Gasteiger partial charge < -0.3 is 5.11 Å². The third-order valence-corrected chi connectivity index (χ3v) is 24.1. The highest BCUT2D eigenvalue weighted by Gasteiger charge is 2.66. The summed E-state index contributed by atoms with van der Waals surface area (Å²) in [4.78, 5) is 13.9. The summed E-state index contributed by atoms with van der Waals surface area (Å²) in [5.74, 6) is 11.3. The molecule has 8 fully saturated rings. The van der Waals surface area contributed by atoms with Gasteiger partial charge in [0.15, 0.2) is 0 Å². The van der Waals surface area contributed by atoms with Crippen LogP contribution in [0.4, 0.5) is 0 Å². The molecule has 8 aliphatic carbocycles. The van der Waals surface area contributed by atoms with E-state index in [2.05, 4.69) is 143 Å². The van der Waals surface area contributed by atoms with Crippen LogP contribution in [0.1, 0.15) is 203 Å². The molecule has 2 nitrogen and oxygen atoms in total. The van der Waals surface area contributed by atoms with Crippen LogP contribution in [0.15, 0.2) is 66.7 Å². The molecule has 2 heteroatoms. The van der Waals surface area contributed by atoms with Crippen LogP contribution in [0.25, 0.3) is 5.57 Å². The second-order valence-electron chi connectivity index (χ2n) is 26.9. The molecule has 0 aliphatic heterocycles. The molecular formula is C65H98O2. The lowest BCUT2D eigenvalue weighted by Crippen LogP contribution is -2.61. The van der Waals surface area contributed by atoms with Crippen LogP contribution in [0.5, 0.6) is 0 Å². The highest BCUT2D eigenvalue weighted by atomic mass is 16.3. The van der Waals surface area contributed by atoms with Crippen molar-refractivity contribution in [2.24, 2.45) is 116 Å². The zero-order chi connectivity index (χ0) is 47.6. The van der Waals surface area contributed by atoms with Crippen molar-refractivity contribution in [3.8, 4) is 0 Å². The first-order valence-corrected chi connectivity index (χ1v) is 29.1. The average molecular weight is 911 g/mol. The second kappa shape index (κ2) is 19.4. The number of aliphatic hydroxyl groups is 1. The Morgan fingerprint density at radius 2 is 1.07 bits per heavy atom. The van der Waals surface area contributed by atoms with Gasteiger partial charge in [-0.15, -0.1) is 0 Å². The molecule has 2 aromatic rings. The van der Waals surface area contributed by atoms with E-state index < -0.39 is 0 Å². The summed E-state index contributed by atoms with van der Waals surface area (Å²) >= 11 is 0. The van der Waals surface area contributed by atoms with Gasteiger partial charge in [0.1, 0.15) is 5.78 Å². The highest BCUT2D eigenvalue weighted by Crippen LogP contribution is 2.71. The Morgan fingerprint density at radius 3 is 1.64 bits per heavy atom. The molecule has 0 bridgehead atoms. The van der Waals surface area contributed by atoms with E-state index in [4.69, 9.17) is 0 Å². The summed E-state index contributed by atoms with van der Waals surface area (Å²) in [6.45, 7) is 27.4. The normalized spacial score (nSPS) is 46.2. The van der Waals surface area contributed by atoms with Crippen molar-refractivity contribution < 1.29 is 9.90 Å². The largest absolute Gasteiger partial charge is 0.393 e. The fourth-order valence-corrected chi connectivity index (χ4v) is 20.4. The molecule has 0 radical (unpaired) electrons. The Kier molecular flexibility index (Phi) is 14.4. The molecule has 0 spiro atoms. The first-order valence-electron chi connectivity index (χ1n) is 29.1. The number of carbonyl (C=O) groups excluding carboxylic acids is 1. The van der Waals surface area contributed by atoms with E-state index in [0.29, 0.717) is 80.7 Å². The van der Waals surface area contributed by atoms with Crippen molar-refractivity contribution in [1.29, 1.82) is 0 Å². The van der Waals surface area contributed by atoms with E-state index in [0.717, 1.165) is 60.7 Å². The molecule has 67 heavy (non-hydrogen) atoms. The molecular weight excluding hydrogens is 813 g/mol. The van der Waals surface area contributed by atoms with E-state index >= 15 is 0 Å². The maximum absolute atomic E-state index is 13.9. The van der Waals surface area contributed by atoms with E-state index in [1.165, 1.54) is 113 Å². The monoisotopic (exact) mass is 911 g/mol. The molecule has 370 valence electrons. The first kappa shape index (κ1) is 49.8. The van der Waals surface area contributed by atoms with Crippen LogP contribution < -0.4 is 0 Å². The smallest absolute Gasteiger partial charge is 0.139 e. The number of aliphatic hydroxyl groups excluding tert-OH is 1. The number of hydrogen-bond acceptors (Lipinski definition) is 2. The van der Waals surface area contributed by atoms with Gasteiger partial charge in [-0.3, -0.25) is 4.79 Å². The Morgan fingerprint density at radius 1 is 0.597 bits per heavy atom. The number of benzene rings is 2. The number of carbonyl (C=O) groups is 1. The summed E-state index contributed by atoms with van der Waals surface area (Å²) in [6.07, 6.45) is 26.1. The minimum atomic E-state index is -0.0975. The fraction of sp³-hybridized carbons (Fsp3) is 0.769. The molecule has 0 aromatic heterocycles. The number of fused-ring (bicyclic) bond motifs is 10. The van der Waals surface area contributed by atoms with Crippen LogP contribution in [-0.2, 0) is 4.79 Å². The summed E-state index contributed by atoms with van der Waals surface area (Å²) in [5.41, 5.74) is 5.66. The number of rotatable bonds is 9. The number of allylic oxidation sites excluding steroid dienone is 1. The Balaban J connectivity index is 0.000000181. The first-order chi connectivity index (χ1) is 32.0. The molecule has 0 amide bonds. The number of ketones is 1. The van der Waals surface area contributed by atoms with Crippen LogP contribution in [-0.4, -0.2) is 17.0 Å². The van der Waals surface area contributed by atoms with Gasteiger partial charge in [-0.05, 0) is 211 Å². The maximum atomic E-state index is 13.9. The highest BCUT2D eigenvalue weighted by molar-refractivity contribution is 5.86. The number of Topliss-reactive ketones (excluding diaryl/α,β-unsaturated/α-hetero) is 1. The summed E-state index contributed by atoms with van der Waals surface area (Å²) < 4.78 is 0. The zero-order valence-electron chi connectivity index (χ0n) is 44.7. The lowest BCUT2D eigenvalue weighted by Gasteiger charge is -2.65. The van der Waals surface area contributed by atoms with Crippen LogP contribution >= 0.6 is 0 Å². The van der Waals surface area contributed by atoms with Gasteiger partial charge in [0.25, 0.3) is 0 Å². The van der Waals surface area contributed by atoms with E-state index in [9.17, 15) is 9.90 Å². The van der Waals surface area contributed by atoms with Crippen molar-refractivity contribution in [3.63, 3.8) is 0 Å². The minimum absolute atomic E-state index is 0.0975. The minimum Gasteiger partial charge on any atom is -0.393 e. The lowest BCUT2D eigenvalue weighted by atomic mass is 9.41. The predicted octanol–water partition coefficient (Wildman–Crippen LogP) is 17.2. The Hall–Kier alpha value is -2.19. The molecule has 0 heterocycles. The van der Waals surface area contributed by atoms with Gasteiger partial charge in [-0.25, -0.2) is 0 Å². The maximum Gasteiger partial charge on any atom is 0.139 e. The summed E-state index contributed by atoms with van der Waals surface area (Å²) in [7, 11) is 0. The van der Waals surface area contributed by atoms with Gasteiger partial charge >= 0.3 is 0 Å². The van der Waals surface area contributed by atoms with Crippen molar-refractivity contribution in [1.82, 2.24) is 0 Å². The van der Waals surface area contributed by atoms with Gasteiger partial charge in [0.05, 0.1) is 6.10 Å². The third-order valence-electron chi connectivity index (χ3n) is 24.1. The molecule has 2 aromatic carbocycles. The second-order valence-corrected chi connectivity index (χ2v) is 26.9. The zero-order valence-corrected chi connectivity index (χ0v) is 44.7. The molecule has 8 aliphatic rings. The van der Waals surface area contributed by atoms with Crippen molar-refractivity contribution in [3.05, 3.63) is 77.9 Å². The van der Waals surface area contributed by atoms with E-state index in [1.54, 1.807) is 0 Å². The predicted molar refractivity (Wildman–Crippen MR) is 282 cm³/mol. The molecule has 10 rings (SSSR count). The van der Waals surface area contributed by atoms with Gasteiger partial charge in [-0.1, -0.05) is 169 Å². The molecule has 21 atom stereocenters. The third kappa shape index (κ3) is 8.36. The topological polar surface area (TPSA) is 37.3 Å². The van der Waals surface area contributed by atoms with Crippen molar-refractivity contribution in [2.45, 2.75) is 198 Å². The summed E-state index contributed by atoms with van der Waals surface area (Å²) in [6, 6.07) is 21.9. The molecule has 0 saturated heterocycles.